The zero-order valence-corrected chi connectivity index (χ0v) is 13.7. The predicted octanol–water partition coefficient (Wildman–Crippen LogP) is 2.78. The van der Waals surface area contributed by atoms with Gasteiger partial charge in [-0.1, -0.05) is 19.3 Å². The molecule has 2 aromatic rings. The lowest BCUT2D eigenvalue weighted by molar-refractivity contribution is -0.126. The maximum Gasteiger partial charge on any atom is 0.230 e. The summed E-state index contributed by atoms with van der Waals surface area (Å²) >= 11 is 0. The Morgan fingerprint density at radius 1 is 1.22 bits per heavy atom. The Labute approximate surface area is 136 Å². The number of aryl methyl sites for hydroxylation is 1. The van der Waals surface area contributed by atoms with Crippen molar-refractivity contribution in [3.8, 4) is 0 Å². The van der Waals surface area contributed by atoms with Gasteiger partial charge in [0.1, 0.15) is 0 Å². The number of carbonyl (C=O) groups excluding carboxylic acids is 1. The standard InChI is InChI=1S/C18H24N4O/c1-21-12-19-16-8-7-14(9-17(16)21)20-18(23)13-10-22(11-13)15-5-3-2-4-6-15/h7-9,12-13,15H,2-6,10-11H2,1H3,(H,20,23). The minimum Gasteiger partial charge on any atom is -0.334 e. The number of aromatic nitrogens is 2. The molecule has 0 atom stereocenters. The molecule has 1 aliphatic carbocycles. The quantitative estimate of drug-likeness (QED) is 0.948. The van der Waals surface area contributed by atoms with Crippen LogP contribution in [-0.4, -0.2) is 39.5 Å². The molecule has 5 nitrogen and oxygen atoms in total. The Morgan fingerprint density at radius 2 is 2.00 bits per heavy atom. The number of fused-ring (bicyclic) bond motifs is 1. The summed E-state index contributed by atoms with van der Waals surface area (Å²) in [5, 5.41) is 3.07. The van der Waals surface area contributed by atoms with E-state index in [9.17, 15) is 4.79 Å². The molecule has 0 unspecified atom stereocenters. The molecular formula is C18H24N4O. The molecule has 2 fully saturated rings. The third-order valence-electron chi connectivity index (χ3n) is 5.36. The summed E-state index contributed by atoms with van der Waals surface area (Å²) < 4.78 is 1.97. The fourth-order valence-electron chi connectivity index (χ4n) is 3.87. The molecule has 4 rings (SSSR count). The van der Waals surface area contributed by atoms with Gasteiger partial charge in [0.05, 0.1) is 23.3 Å². The molecule has 1 N–H and O–H groups in total. The number of imidazole rings is 1. The Balaban J connectivity index is 1.35. The molecule has 2 aliphatic rings. The van der Waals surface area contributed by atoms with E-state index in [1.54, 1.807) is 6.33 Å². The number of hydrogen-bond donors (Lipinski definition) is 1. The summed E-state index contributed by atoms with van der Waals surface area (Å²) in [6.45, 7) is 1.84. The molecule has 1 amide bonds. The van der Waals surface area contributed by atoms with Crippen LogP contribution in [0.15, 0.2) is 24.5 Å². The van der Waals surface area contributed by atoms with Gasteiger partial charge in [0, 0.05) is 31.9 Å². The highest BCUT2D eigenvalue weighted by atomic mass is 16.2. The molecule has 23 heavy (non-hydrogen) atoms. The second-order valence-electron chi connectivity index (χ2n) is 6.99. The number of amides is 1. The van der Waals surface area contributed by atoms with Crippen LogP contribution in [0.5, 0.6) is 0 Å². The molecule has 0 radical (unpaired) electrons. The maximum atomic E-state index is 12.4. The van der Waals surface area contributed by atoms with E-state index in [-0.39, 0.29) is 11.8 Å². The molecule has 0 spiro atoms. The van der Waals surface area contributed by atoms with Gasteiger partial charge >= 0.3 is 0 Å². The Kier molecular flexibility index (Phi) is 3.81. The van der Waals surface area contributed by atoms with E-state index < -0.39 is 0 Å². The van der Waals surface area contributed by atoms with Gasteiger partial charge in [-0.05, 0) is 31.0 Å². The van der Waals surface area contributed by atoms with E-state index in [0.717, 1.165) is 35.9 Å². The average molecular weight is 312 g/mol. The number of benzene rings is 1. The highest BCUT2D eigenvalue weighted by Gasteiger charge is 2.36. The van der Waals surface area contributed by atoms with Gasteiger partial charge in [-0.15, -0.1) is 0 Å². The van der Waals surface area contributed by atoms with Crippen LogP contribution in [0, 0.1) is 5.92 Å². The molecule has 1 aromatic carbocycles. The Hall–Kier alpha value is -1.88. The van der Waals surface area contributed by atoms with Crippen LogP contribution in [0.25, 0.3) is 11.0 Å². The number of anilines is 1. The second kappa shape index (κ2) is 5.96. The zero-order valence-electron chi connectivity index (χ0n) is 13.7. The van der Waals surface area contributed by atoms with Crippen molar-refractivity contribution in [1.82, 2.24) is 14.5 Å². The lowest BCUT2D eigenvalue weighted by Crippen LogP contribution is -2.56. The molecule has 0 bridgehead atoms. The molecule has 2 heterocycles. The molecule has 122 valence electrons. The summed E-state index contributed by atoms with van der Waals surface area (Å²) in [5.41, 5.74) is 2.86. The molecule has 1 saturated carbocycles. The van der Waals surface area contributed by atoms with Gasteiger partial charge in [0.15, 0.2) is 0 Å². The van der Waals surface area contributed by atoms with Crippen molar-refractivity contribution < 1.29 is 4.79 Å². The van der Waals surface area contributed by atoms with Crippen LogP contribution < -0.4 is 5.32 Å². The van der Waals surface area contributed by atoms with Crippen LogP contribution in [0.2, 0.25) is 0 Å². The fourth-order valence-corrected chi connectivity index (χ4v) is 3.87. The first-order chi connectivity index (χ1) is 11.2. The van der Waals surface area contributed by atoms with Crippen LogP contribution in [-0.2, 0) is 11.8 Å². The van der Waals surface area contributed by atoms with Crippen molar-refractivity contribution in [2.75, 3.05) is 18.4 Å². The van der Waals surface area contributed by atoms with Crippen LogP contribution in [0.3, 0.4) is 0 Å². The van der Waals surface area contributed by atoms with Gasteiger partial charge < -0.3 is 9.88 Å². The molecule has 1 saturated heterocycles. The van der Waals surface area contributed by atoms with Crippen molar-refractivity contribution in [1.29, 1.82) is 0 Å². The van der Waals surface area contributed by atoms with Gasteiger partial charge in [0.2, 0.25) is 5.91 Å². The molecule has 5 heteroatoms. The van der Waals surface area contributed by atoms with Crippen molar-refractivity contribution in [3.05, 3.63) is 24.5 Å². The monoisotopic (exact) mass is 312 g/mol. The van der Waals surface area contributed by atoms with Crippen LogP contribution in [0.1, 0.15) is 32.1 Å². The van der Waals surface area contributed by atoms with Crippen molar-refractivity contribution in [3.63, 3.8) is 0 Å². The lowest BCUT2D eigenvalue weighted by atomic mass is 9.88. The van der Waals surface area contributed by atoms with Crippen molar-refractivity contribution in [2.45, 2.75) is 38.1 Å². The molecular weight excluding hydrogens is 288 g/mol. The third-order valence-corrected chi connectivity index (χ3v) is 5.36. The number of hydrogen-bond acceptors (Lipinski definition) is 3. The minimum atomic E-state index is 0.138. The number of likely N-dealkylation sites (tertiary alicyclic amines) is 1. The fraction of sp³-hybridized carbons (Fsp3) is 0.556. The normalized spacial score (nSPS) is 20.6. The number of carbonyl (C=O) groups is 1. The summed E-state index contributed by atoms with van der Waals surface area (Å²) in [4.78, 5) is 19.2. The van der Waals surface area contributed by atoms with E-state index in [1.807, 2.05) is 29.8 Å². The van der Waals surface area contributed by atoms with Gasteiger partial charge in [0.25, 0.3) is 0 Å². The number of nitrogens with one attached hydrogen (secondary N) is 1. The summed E-state index contributed by atoms with van der Waals surface area (Å²) in [6.07, 6.45) is 8.50. The molecule has 1 aromatic heterocycles. The number of rotatable bonds is 3. The van der Waals surface area contributed by atoms with E-state index in [2.05, 4.69) is 15.2 Å². The first kappa shape index (κ1) is 14.7. The minimum absolute atomic E-state index is 0.138. The SMILES string of the molecule is Cn1cnc2ccc(NC(=O)C3CN(C4CCCCC4)C3)cc21. The third kappa shape index (κ3) is 2.85. The first-order valence-corrected chi connectivity index (χ1v) is 8.67. The summed E-state index contributed by atoms with van der Waals surface area (Å²) in [7, 11) is 1.97. The predicted molar refractivity (Wildman–Crippen MR) is 91.3 cm³/mol. The van der Waals surface area contributed by atoms with Crippen LogP contribution in [0.4, 0.5) is 5.69 Å². The van der Waals surface area contributed by atoms with E-state index in [0.29, 0.717) is 0 Å². The van der Waals surface area contributed by atoms with Gasteiger partial charge in [-0.2, -0.15) is 0 Å². The van der Waals surface area contributed by atoms with Gasteiger partial charge in [-0.25, -0.2) is 4.98 Å². The maximum absolute atomic E-state index is 12.4. The first-order valence-electron chi connectivity index (χ1n) is 8.67. The smallest absolute Gasteiger partial charge is 0.230 e. The summed E-state index contributed by atoms with van der Waals surface area (Å²) in [5.74, 6) is 0.290. The average Bonchev–Trinajstić information content (AvgIpc) is 2.88. The number of nitrogens with zero attached hydrogens (tertiary/aromatic N) is 3. The Bertz CT molecular complexity index is 711. The highest BCUT2D eigenvalue weighted by Crippen LogP contribution is 2.29. The van der Waals surface area contributed by atoms with E-state index in [1.165, 1.54) is 32.1 Å². The van der Waals surface area contributed by atoms with Gasteiger partial charge in [-0.3, -0.25) is 9.69 Å². The Morgan fingerprint density at radius 3 is 2.78 bits per heavy atom. The van der Waals surface area contributed by atoms with Crippen molar-refractivity contribution in [2.24, 2.45) is 13.0 Å². The lowest BCUT2D eigenvalue weighted by Gasteiger charge is -2.45. The van der Waals surface area contributed by atoms with E-state index >= 15 is 0 Å². The van der Waals surface area contributed by atoms with Crippen molar-refractivity contribution >= 4 is 22.6 Å². The largest absolute Gasteiger partial charge is 0.334 e. The second-order valence-corrected chi connectivity index (χ2v) is 6.99. The molecule has 1 aliphatic heterocycles. The van der Waals surface area contributed by atoms with E-state index in [4.69, 9.17) is 0 Å². The topological polar surface area (TPSA) is 50.2 Å². The van der Waals surface area contributed by atoms with Crippen LogP contribution >= 0.6 is 0 Å². The summed E-state index contributed by atoms with van der Waals surface area (Å²) in [6, 6.07) is 6.61. The zero-order chi connectivity index (χ0) is 15.8. The highest BCUT2D eigenvalue weighted by molar-refractivity contribution is 5.95.